The molecule has 1 aromatic carbocycles. The van der Waals surface area contributed by atoms with Crippen LogP contribution in [0.3, 0.4) is 0 Å². The maximum Gasteiger partial charge on any atom is 0.237 e. The van der Waals surface area contributed by atoms with Crippen molar-refractivity contribution in [3.05, 3.63) is 34.9 Å². The van der Waals surface area contributed by atoms with E-state index in [-0.39, 0.29) is 30.5 Å². The standard InChI is InChI=1S/C15H21ClN2O2.ClH/c1-2-3-12(17)15(19)18-13-8-9-20-14(13)10-4-6-11(16)7-5-10;/h4-7,12-14H,2-3,8-9,17H2,1H3,(H,18,19);1H. The highest BCUT2D eigenvalue weighted by Gasteiger charge is 2.31. The minimum absolute atomic E-state index is 0. The smallest absolute Gasteiger partial charge is 0.237 e. The van der Waals surface area contributed by atoms with Gasteiger partial charge in [-0.1, -0.05) is 37.1 Å². The lowest BCUT2D eigenvalue weighted by atomic mass is 10.0. The Bertz CT molecular complexity index is 453. The van der Waals surface area contributed by atoms with Gasteiger partial charge >= 0.3 is 0 Å². The van der Waals surface area contributed by atoms with E-state index < -0.39 is 6.04 Å². The van der Waals surface area contributed by atoms with Crippen molar-refractivity contribution in [2.75, 3.05) is 6.61 Å². The highest BCUT2D eigenvalue weighted by Crippen LogP contribution is 2.29. The van der Waals surface area contributed by atoms with Crippen LogP contribution >= 0.6 is 24.0 Å². The highest BCUT2D eigenvalue weighted by atomic mass is 35.5. The summed E-state index contributed by atoms with van der Waals surface area (Å²) in [5, 5.41) is 3.70. The number of carbonyl (C=O) groups excluding carboxylic acids is 1. The SMILES string of the molecule is CCCC(N)C(=O)NC1CCOC1c1ccc(Cl)cc1.Cl. The second-order valence-corrected chi connectivity index (χ2v) is 5.58. The molecule has 2 rings (SSSR count). The molecule has 1 amide bonds. The second kappa shape index (κ2) is 8.59. The number of halogens is 2. The lowest BCUT2D eigenvalue weighted by molar-refractivity contribution is -0.123. The molecule has 1 saturated heterocycles. The number of nitrogens with one attached hydrogen (secondary N) is 1. The predicted molar refractivity (Wildman–Crippen MR) is 86.8 cm³/mol. The van der Waals surface area contributed by atoms with Gasteiger partial charge in [-0.15, -0.1) is 12.4 Å². The van der Waals surface area contributed by atoms with Crippen molar-refractivity contribution in [3.63, 3.8) is 0 Å². The van der Waals surface area contributed by atoms with Crippen molar-refractivity contribution in [1.29, 1.82) is 0 Å². The van der Waals surface area contributed by atoms with Gasteiger partial charge in [-0.25, -0.2) is 0 Å². The molecule has 0 radical (unpaired) electrons. The summed E-state index contributed by atoms with van der Waals surface area (Å²) in [4.78, 5) is 12.0. The van der Waals surface area contributed by atoms with Gasteiger partial charge in [-0.2, -0.15) is 0 Å². The van der Waals surface area contributed by atoms with Crippen LogP contribution in [0.25, 0.3) is 0 Å². The average molecular weight is 333 g/mol. The first-order valence-corrected chi connectivity index (χ1v) is 7.42. The van der Waals surface area contributed by atoms with Crippen molar-refractivity contribution < 1.29 is 9.53 Å². The fourth-order valence-corrected chi connectivity index (χ4v) is 2.58. The third-order valence-corrected chi connectivity index (χ3v) is 3.81. The molecule has 0 spiro atoms. The van der Waals surface area contributed by atoms with E-state index in [4.69, 9.17) is 22.1 Å². The van der Waals surface area contributed by atoms with Crippen molar-refractivity contribution in [2.45, 2.75) is 44.4 Å². The zero-order chi connectivity index (χ0) is 14.5. The average Bonchev–Trinajstić information content (AvgIpc) is 2.88. The molecule has 6 heteroatoms. The van der Waals surface area contributed by atoms with Crippen LogP contribution in [0.1, 0.15) is 37.9 Å². The number of hydrogen-bond donors (Lipinski definition) is 2. The molecule has 1 aliphatic heterocycles. The first kappa shape index (κ1) is 18.2. The Morgan fingerprint density at radius 1 is 1.48 bits per heavy atom. The number of rotatable bonds is 5. The summed E-state index contributed by atoms with van der Waals surface area (Å²) < 4.78 is 5.73. The highest BCUT2D eigenvalue weighted by molar-refractivity contribution is 6.30. The van der Waals surface area contributed by atoms with Crippen LogP contribution in [0.15, 0.2) is 24.3 Å². The van der Waals surface area contributed by atoms with Gasteiger partial charge in [-0.3, -0.25) is 4.79 Å². The van der Waals surface area contributed by atoms with Gasteiger partial charge in [0.15, 0.2) is 0 Å². The number of benzene rings is 1. The molecule has 1 heterocycles. The maximum atomic E-state index is 12.0. The molecule has 4 nitrogen and oxygen atoms in total. The summed E-state index contributed by atoms with van der Waals surface area (Å²) in [6.07, 6.45) is 2.28. The number of carbonyl (C=O) groups is 1. The fraction of sp³-hybridized carbons (Fsp3) is 0.533. The quantitative estimate of drug-likeness (QED) is 0.871. The molecule has 3 unspecified atom stereocenters. The zero-order valence-corrected chi connectivity index (χ0v) is 13.6. The van der Waals surface area contributed by atoms with Crippen molar-refractivity contribution in [1.82, 2.24) is 5.32 Å². The minimum atomic E-state index is -0.438. The van der Waals surface area contributed by atoms with Crippen LogP contribution < -0.4 is 11.1 Å². The molecule has 3 N–H and O–H groups in total. The molecular formula is C15H22Cl2N2O2. The zero-order valence-electron chi connectivity index (χ0n) is 12.0. The summed E-state index contributed by atoms with van der Waals surface area (Å²) in [7, 11) is 0. The molecule has 0 aliphatic carbocycles. The topological polar surface area (TPSA) is 64.4 Å². The van der Waals surface area contributed by atoms with Crippen LogP contribution in [-0.4, -0.2) is 24.6 Å². The Morgan fingerprint density at radius 3 is 2.76 bits per heavy atom. The van der Waals surface area contributed by atoms with E-state index in [1.807, 2.05) is 31.2 Å². The summed E-state index contributed by atoms with van der Waals surface area (Å²) in [6.45, 7) is 2.66. The molecule has 1 fully saturated rings. The van der Waals surface area contributed by atoms with Gasteiger partial charge in [-0.05, 0) is 30.5 Å². The number of amides is 1. The van der Waals surface area contributed by atoms with Crippen LogP contribution in [0.4, 0.5) is 0 Å². The molecule has 3 atom stereocenters. The Kier molecular flexibility index (Phi) is 7.46. The summed E-state index contributed by atoms with van der Waals surface area (Å²) >= 11 is 5.89. The Hall–Kier alpha value is -0.810. The maximum absolute atomic E-state index is 12.0. The van der Waals surface area contributed by atoms with E-state index in [1.54, 1.807) is 0 Å². The number of ether oxygens (including phenoxy) is 1. The second-order valence-electron chi connectivity index (χ2n) is 5.14. The first-order chi connectivity index (χ1) is 9.61. The molecule has 0 aromatic heterocycles. The van der Waals surface area contributed by atoms with E-state index in [2.05, 4.69) is 5.32 Å². The number of nitrogens with two attached hydrogens (primary N) is 1. The number of hydrogen-bond acceptors (Lipinski definition) is 3. The van der Waals surface area contributed by atoms with Gasteiger partial charge < -0.3 is 15.8 Å². The van der Waals surface area contributed by atoms with E-state index in [9.17, 15) is 4.79 Å². The largest absolute Gasteiger partial charge is 0.371 e. The summed E-state index contributed by atoms with van der Waals surface area (Å²) in [5.41, 5.74) is 6.87. The summed E-state index contributed by atoms with van der Waals surface area (Å²) in [5.74, 6) is -0.0960. The molecule has 1 aromatic rings. The van der Waals surface area contributed by atoms with Crippen LogP contribution in [0, 0.1) is 0 Å². The van der Waals surface area contributed by atoms with Gasteiger partial charge in [0.05, 0.1) is 12.1 Å². The van der Waals surface area contributed by atoms with Gasteiger partial charge in [0.25, 0.3) is 0 Å². The van der Waals surface area contributed by atoms with Crippen molar-refractivity contribution in [3.8, 4) is 0 Å². The molecule has 21 heavy (non-hydrogen) atoms. The lowest BCUT2D eigenvalue weighted by Gasteiger charge is -2.22. The lowest BCUT2D eigenvalue weighted by Crippen LogP contribution is -2.46. The molecule has 0 saturated carbocycles. The molecule has 118 valence electrons. The Labute approximate surface area is 136 Å². The molecular weight excluding hydrogens is 311 g/mol. The van der Waals surface area contributed by atoms with E-state index in [0.29, 0.717) is 18.1 Å². The Balaban J connectivity index is 0.00000220. The van der Waals surface area contributed by atoms with Gasteiger partial charge in [0.1, 0.15) is 6.10 Å². The molecule has 1 aliphatic rings. The van der Waals surface area contributed by atoms with Crippen molar-refractivity contribution >= 4 is 29.9 Å². The van der Waals surface area contributed by atoms with E-state index in [1.165, 1.54) is 0 Å². The summed E-state index contributed by atoms with van der Waals surface area (Å²) in [6, 6.07) is 7.08. The van der Waals surface area contributed by atoms with Crippen LogP contribution in [0.5, 0.6) is 0 Å². The van der Waals surface area contributed by atoms with Crippen molar-refractivity contribution in [2.24, 2.45) is 5.73 Å². The van der Waals surface area contributed by atoms with Crippen LogP contribution in [0.2, 0.25) is 5.02 Å². The minimum Gasteiger partial charge on any atom is -0.371 e. The third kappa shape index (κ3) is 4.85. The predicted octanol–water partition coefficient (Wildman–Crippen LogP) is 2.84. The van der Waals surface area contributed by atoms with E-state index >= 15 is 0 Å². The van der Waals surface area contributed by atoms with Gasteiger partial charge in [0, 0.05) is 11.6 Å². The molecule has 0 bridgehead atoms. The fourth-order valence-electron chi connectivity index (χ4n) is 2.45. The third-order valence-electron chi connectivity index (χ3n) is 3.55. The van der Waals surface area contributed by atoms with Crippen LogP contribution in [-0.2, 0) is 9.53 Å². The van der Waals surface area contributed by atoms with Gasteiger partial charge in [0.2, 0.25) is 5.91 Å². The normalized spacial score (nSPS) is 22.4. The monoisotopic (exact) mass is 332 g/mol. The first-order valence-electron chi connectivity index (χ1n) is 7.05. The van der Waals surface area contributed by atoms with E-state index in [0.717, 1.165) is 18.4 Å². The Morgan fingerprint density at radius 2 is 2.14 bits per heavy atom.